The maximum absolute atomic E-state index is 10.5. The lowest BCUT2D eigenvalue weighted by Crippen LogP contribution is -2.18. The number of nitrogens with zero attached hydrogens (tertiary/aromatic N) is 1. The molecule has 0 unspecified atom stereocenters. The summed E-state index contributed by atoms with van der Waals surface area (Å²) in [6.45, 7) is 0.957. The topological polar surface area (TPSA) is 89.4 Å². The highest BCUT2D eigenvalue weighted by atomic mass is 16.2. The average molecular weight is 159 g/mol. The van der Waals surface area contributed by atoms with Gasteiger partial charge in [0.2, 0.25) is 5.91 Å². The standard InChI is InChI=1S/C5H9NO.CH4N2O/c1-6-4-2-3-5(6)7;2-1(3)4/h2-4H2,1H3;(H4,2,3,4). The Morgan fingerprint density at radius 2 is 2.00 bits per heavy atom. The number of rotatable bonds is 0. The van der Waals surface area contributed by atoms with Gasteiger partial charge >= 0.3 is 6.03 Å². The van der Waals surface area contributed by atoms with Crippen molar-refractivity contribution < 1.29 is 9.59 Å². The number of urea groups is 1. The van der Waals surface area contributed by atoms with Crippen LogP contribution in [0.2, 0.25) is 0 Å². The number of amides is 3. The van der Waals surface area contributed by atoms with Crippen LogP contribution >= 0.6 is 0 Å². The van der Waals surface area contributed by atoms with Gasteiger partial charge in [0.15, 0.2) is 0 Å². The molecule has 5 heteroatoms. The molecule has 3 amide bonds. The SMILES string of the molecule is CN1CCCC1=O.NC(N)=O. The monoisotopic (exact) mass is 159 g/mol. The van der Waals surface area contributed by atoms with E-state index in [2.05, 4.69) is 11.5 Å². The number of hydrogen-bond donors (Lipinski definition) is 2. The van der Waals surface area contributed by atoms with Crippen molar-refractivity contribution in [1.29, 1.82) is 0 Å². The van der Waals surface area contributed by atoms with Gasteiger partial charge in [-0.15, -0.1) is 0 Å². The lowest BCUT2D eigenvalue weighted by molar-refractivity contribution is -0.126. The number of carbonyl (C=O) groups is 2. The van der Waals surface area contributed by atoms with Crippen molar-refractivity contribution >= 4 is 11.9 Å². The second-order valence-corrected chi connectivity index (χ2v) is 2.32. The zero-order valence-electron chi connectivity index (χ0n) is 6.54. The summed E-state index contributed by atoms with van der Waals surface area (Å²) in [5.74, 6) is 0.292. The molecule has 0 aromatic heterocycles. The zero-order valence-corrected chi connectivity index (χ0v) is 6.54. The van der Waals surface area contributed by atoms with Crippen LogP contribution in [0.1, 0.15) is 12.8 Å². The molecule has 0 aliphatic carbocycles. The van der Waals surface area contributed by atoms with E-state index in [0.29, 0.717) is 5.91 Å². The molecule has 1 rings (SSSR count). The Balaban J connectivity index is 0.000000218. The lowest BCUT2D eigenvalue weighted by atomic mass is 10.4. The number of hydrogen-bond acceptors (Lipinski definition) is 2. The van der Waals surface area contributed by atoms with Crippen molar-refractivity contribution in [2.75, 3.05) is 13.6 Å². The fraction of sp³-hybridized carbons (Fsp3) is 0.667. The minimum atomic E-state index is -0.833. The molecule has 64 valence electrons. The van der Waals surface area contributed by atoms with E-state index < -0.39 is 6.03 Å². The molecule has 0 radical (unpaired) electrons. The molecule has 1 fully saturated rings. The van der Waals surface area contributed by atoms with Crippen LogP contribution in [0.5, 0.6) is 0 Å². The molecule has 11 heavy (non-hydrogen) atoms. The summed E-state index contributed by atoms with van der Waals surface area (Å²) < 4.78 is 0. The van der Waals surface area contributed by atoms with E-state index in [9.17, 15) is 4.79 Å². The second kappa shape index (κ2) is 4.54. The van der Waals surface area contributed by atoms with Crippen LogP contribution in [-0.2, 0) is 4.79 Å². The lowest BCUT2D eigenvalue weighted by Gasteiger charge is -2.03. The predicted octanol–water partition coefficient (Wildman–Crippen LogP) is -0.738. The molecule has 0 bridgehead atoms. The maximum atomic E-state index is 10.5. The van der Waals surface area contributed by atoms with Crippen molar-refractivity contribution in [3.63, 3.8) is 0 Å². The Bertz CT molecular complexity index is 154. The molecule has 1 aliphatic heterocycles. The van der Waals surface area contributed by atoms with Crippen LogP contribution in [0.4, 0.5) is 4.79 Å². The third-order valence-electron chi connectivity index (χ3n) is 1.31. The molecule has 5 nitrogen and oxygen atoms in total. The van der Waals surface area contributed by atoms with E-state index >= 15 is 0 Å². The Labute approximate surface area is 65.3 Å². The highest BCUT2D eigenvalue weighted by molar-refractivity contribution is 5.77. The molecule has 0 spiro atoms. The first-order chi connectivity index (χ1) is 5.04. The van der Waals surface area contributed by atoms with Crippen LogP contribution in [0, 0.1) is 0 Å². The maximum Gasteiger partial charge on any atom is 0.309 e. The first-order valence-corrected chi connectivity index (χ1v) is 3.33. The summed E-state index contributed by atoms with van der Waals surface area (Å²) in [6.07, 6.45) is 1.81. The zero-order chi connectivity index (χ0) is 8.85. The average Bonchev–Trinajstić information content (AvgIpc) is 2.15. The van der Waals surface area contributed by atoms with E-state index in [-0.39, 0.29) is 0 Å². The van der Waals surface area contributed by atoms with Crippen molar-refractivity contribution in [3.05, 3.63) is 0 Å². The van der Waals surface area contributed by atoms with E-state index in [0.717, 1.165) is 19.4 Å². The van der Waals surface area contributed by atoms with Crippen LogP contribution < -0.4 is 11.5 Å². The number of carbonyl (C=O) groups excluding carboxylic acids is 2. The first-order valence-electron chi connectivity index (χ1n) is 3.33. The molecular formula is C6H13N3O2. The first kappa shape index (κ1) is 9.74. The molecule has 1 saturated heterocycles. The normalized spacial score (nSPS) is 15.7. The molecule has 4 N–H and O–H groups in total. The Morgan fingerprint density at radius 3 is 2.09 bits per heavy atom. The van der Waals surface area contributed by atoms with Crippen LogP contribution in [0.25, 0.3) is 0 Å². The fourth-order valence-corrected chi connectivity index (χ4v) is 0.783. The number of primary amides is 2. The highest BCUT2D eigenvalue weighted by Crippen LogP contribution is 2.04. The molecule has 1 heterocycles. The smallest absolute Gasteiger partial charge is 0.309 e. The molecular weight excluding hydrogens is 146 g/mol. The van der Waals surface area contributed by atoms with Gasteiger partial charge in [-0.3, -0.25) is 4.79 Å². The third-order valence-corrected chi connectivity index (χ3v) is 1.31. The summed E-state index contributed by atoms with van der Waals surface area (Å²) in [7, 11) is 1.84. The molecule has 0 atom stereocenters. The highest BCUT2D eigenvalue weighted by Gasteiger charge is 2.14. The van der Waals surface area contributed by atoms with Crippen molar-refractivity contribution in [2.45, 2.75) is 12.8 Å². The van der Waals surface area contributed by atoms with Crippen LogP contribution in [-0.4, -0.2) is 30.4 Å². The van der Waals surface area contributed by atoms with Gasteiger partial charge in [0, 0.05) is 20.0 Å². The van der Waals surface area contributed by atoms with Gasteiger partial charge in [-0.2, -0.15) is 0 Å². The van der Waals surface area contributed by atoms with E-state index in [4.69, 9.17) is 4.79 Å². The largest absolute Gasteiger partial charge is 0.352 e. The fourth-order valence-electron chi connectivity index (χ4n) is 0.783. The van der Waals surface area contributed by atoms with Gasteiger partial charge in [-0.05, 0) is 6.42 Å². The number of likely N-dealkylation sites (tertiary alicyclic amines) is 1. The summed E-state index contributed by atoms with van der Waals surface area (Å²) in [5, 5.41) is 0. The van der Waals surface area contributed by atoms with Crippen molar-refractivity contribution in [2.24, 2.45) is 11.5 Å². The van der Waals surface area contributed by atoms with Gasteiger partial charge in [-0.1, -0.05) is 0 Å². The van der Waals surface area contributed by atoms with Crippen molar-refractivity contribution in [1.82, 2.24) is 4.90 Å². The Hall–Kier alpha value is -1.26. The molecule has 0 aromatic rings. The minimum absolute atomic E-state index is 0.292. The molecule has 0 aromatic carbocycles. The van der Waals surface area contributed by atoms with Gasteiger partial charge in [-0.25, -0.2) is 4.79 Å². The third kappa shape index (κ3) is 5.20. The Kier molecular flexibility index (Phi) is 4.02. The van der Waals surface area contributed by atoms with E-state index in [1.165, 1.54) is 0 Å². The van der Waals surface area contributed by atoms with Crippen LogP contribution in [0.15, 0.2) is 0 Å². The molecule has 1 aliphatic rings. The van der Waals surface area contributed by atoms with E-state index in [1.54, 1.807) is 4.90 Å². The van der Waals surface area contributed by atoms with Gasteiger partial charge < -0.3 is 16.4 Å². The Morgan fingerprint density at radius 1 is 1.55 bits per heavy atom. The van der Waals surface area contributed by atoms with Gasteiger partial charge in [0.25, 0.3) is 0 Å². The quantitative estimate of drug-likeness (QED) is 0.487. The van der Waals surface area contributed by atoms with Gasteiger partial charge in [0.05, 0.1) is 0 Å². The minimum Gasteiger partial charge on any atom is -0.352 e. The predicted molar refractivity (Wildman–Crippen MR) is 40.6 cm³/mol. The van der Waals surface area contributed by atoms with E-state index in [1.807, 2.05) is 7.05 Å². The number of nitrogens with two attached hydrogens (primary N) is 2. The van der Waals surface area contributed by atoms with Gasteiger partial charge in [0.1, 0.15) is 0 Å². The summed E-state index contributed by atoms with van der Waals surface area (Å²) >= 11 is 0. The summed E-state index contributed by atoms with van der Waals surface area (Å²) in [6, 6.07) is -0.833. The van der Waals surface area contributed by atoms with Crippen LogP contribution in [0.3, 0.4) is 0 Å². The molecule has 0 saturated carbocycles. The summed E-state index contributed by atoms with van der Waals surface area (Å²) in [4.78, 5) is 21.3. The summed E-state index contributed by atoms with van der Waals surface area (Å²) in [5.41, 5.74) is 8.50. The van der Waals surface area contributed by atoms with Crippen molar-refractivity contribution in [3.8, 4) is 0 Å². The second-order valence-electron chi connectivity index (χ2n) is 2.32.